The normalized spacial score (nSPS) is 24.4. The lowest BCUT2D eigenvalue weighted by molar-refractivity contribution is -0.115. The fourth-order valence-corrected chi connectivity index (χ4v) is 2.17. The van der Waals surface area contributed by atoms with Crippen LogP contribution in [-0.2, 0) is 9.53 Å². The quantitative estimate of drug-likeness (QED) is 0.475. The molecule has 2 heteroatoms. The van der Waals surface area contributed by atoms with Gasteiger partial charge in [-0.05, 0) is 31.3 Å². The standard InChI is InChI=1S/C13H20O2/c14-13-9-5-7-11(13)6-3-1-2-4-8-12-10-15-12/h7,12H,1-6,8-10H2. The number of hydrogen-bond donors (Lipinski definition) is 0. The molecule has 2 nitrogen and oxygen atoms in total. The number of allylic oxidation sites excluding steroid dienone is 2. The molecule has 1 atom stereocenters. The van der Waals surface area contributed by atoms with E-state index in [-0.39, 0.29) is 0 Å². The fraction of sp³-hybridized carbons (Fsp3) is 0.769. The number of ketones is 1. The summed E-state index contributed by atoms with van der Waals surface area (Å²) < 4.78 is 5.16. The van der Waals surface area contributed by atoms with E-state index in [9.17, 15) is 4.79 Å². The maximum atomic E-state index is 11.3. The van der Waals surface area contributed by atoms with Gasteiger partial charge in [0, 0.05) is 6.42 Å². The summed E-state index contributed by atoms with van der Waals surface area (Å²) in [6.45, 7) is 0.987. The summed E-state index contributed by atoms with van der Waals surface area (Å²) in [6, 6.07) is 0. The Morgan fingerprint density at radius 3 is 2.73 bits per heavy atom. The van der Waals surface area contributed by atoms with Crippen molar-refractivity contribution in [2.24, 2.45) is 0 Å². The van der Waals surface area contributed by atoms with Gasteiger partial charge in [0.25, 0.3) is 0 Å². The van der Waals surface area contributed by atoms with Crippen LogP contribution in [-0.4, -0.2) is 18.5 Å². The van der Waals surface area contributed by atoms with E-state index in [2.05, 4.69) is 6.08 Å². The van der Waals surface area contributed by atoms with E-state index in [1.807, 2.05) is 0 Å². The molecule has 1 aliphatic heterocycles. The van der Waals surface area contributed by atoms with Crippen LogP contribution >= 0.6 is 0 Å². The molecular formula is C13H20O2. The molecule has 0 bridgehead atoms. The van der Waals surface area contributed by atoms with Crippen LogP contribution in [0.2, 0.25) is 0 Å². The second-order valence-electron chi connectivity index (χ2n) is 4.60. The van der Waals surface area contributed by atoms with E-state index in [1.165, 1.54) is 32.1 Å². The van der Waals surface area contributed by atoms with Crippen LogP contribution in [0, 0.1) is 0 Å². The molecule has 0 radical (unpaired) electrons. The van der Waals surface area contributed by atoms with Gasteiger partial charge in [0.15, 0.2) is 5.78 Å². The van der Waals surface area contributed by atoms with Gasteiger partial charge in [-0.2, -0.15) is 0 Å². The minimum Gasteiger partial charge on any atom is -0.373 e. The Bertz CT molecular complexity index is 251. The lowest BCUT2D eigenvalue weighted by Gasteiger charge is -2.01. The number of carbonyl (C=O) groups is 1. The molecule has 0 aromatic carbocycles. The minimum absolute atomic E-state index is 0.390. The zero-order chi connectivity index (χ0) is 10.5. The lowest BCUT2D eigenvalue weighted by atomic mass is 10.0. The summed E-state index contributed by atoms with van der Waals surface area (Å²) in [4.78, 5) is 11.3. The van der Waals surface area contributed by atoms with Crippen molar-refractivity contribution in [1.82, 2.24) is 0 Å². The molecule has 1 heterocycles. The fourth-order valence-electron chi connectivity index (χ4n) is 2.17. The number of hydrogen-bond acceptors (Lipinski definition) is 2. The van der Waals surface area contributed by atoms with E-state index in [0.717, 1.165) is 31.4 Å². The van der Waals surface area contributed by atoms with Crippen molar-refractivity contribution in [3.05, 3.63) is 11.6 Å². The van der Waals surface area contributed by atoms with Crippen molar-refractivity contribution < 1.29 is 9.53 Å². The van der Waals surface area contributed by atoms with Gasteiger partial charge in [-0.15, -0.1) is 0 Å². The summed E-state index contributed by atoms with van der Waals surface area (Å²) in [6.07, 6.45) is 11.7. The molecule has 2 rings (SSSR count). The summed E-state index contributed by atoms with van der Waals surface area (Å²) in [7, 11) is 0. The Kier molecular flexibility index (Phi) is 3.95. The highest BCUT2D eigenvalue weighted by atomic mass is 16.6. The Morgan fingerprint density at radius 1 is 1.27 bits per heavy atom. The van der Waals surface area contributed by atoms with Crippen LogP contribution in [0.4, 0.5) is 0 Å². The van der Waals surface area contributed by atoms with E-state index < -0.39 is 0 Å². The molecule has 1 aliphatic carbocycles. The highest BCUT2D eigenvalue weighted by Gasteiger charge is 2.20. The van der Waals surface area contributed by atoms with Crippen molar-refractivity contribution in [3.63, 3.8) is 0 Å². The first-order chi connectivity index (χ1) is 7.36. The van der Waals surface area contributed by atoms with Crippen molar-refractivity contribution in [1.29, 1.82) is 0 Å². The first-order valence-electron chi connectivity index (χ1n) is 6.20. The van der Waals surface area contributed by atoms with Gasteiger partial charge in [0.2, 0.25) is 0 Å². The Labute approximate surface area is 91.7 Å². The third-order valence-corrected chi connectivity index (χ3v) is 3.24. The Morgan fingerprint density at radius 2 is 2.07 bits per heavy atom. The summed E-state index contributed by atoms with van der Waals surface area (Å²) in [5.74, 6) is 0.390. The van der Waals surface area contributed by atoms with Gasteiger partial charge in [-0.25, -0.2) is 0 Å². The molecule has 0 amide bonds. The Hall–Kier alpha value is -0.630. The van der Waals surface area contributed by atoms with Crippen LogP contribution in [0.15, 0.2) is 11.6 Å². The van der Waals surface area contributed by atoms with Gasteiger partial charge in [0.05, 0.1) is 12.7 Å². The number of rotatable bonds is 7. The molecule has 1 unspecified atom stereocenters. The zero-order valence-electron chi connectivity index (χ0n) is 9.34. The van der Waals surface area contributed by atoms with Crippen LogP contribution in [0.5, 0.6) is 0 Å². The van der Waals surface area contributed by atoms with E-state index in [0.29, 0.717) is 11.9 Å². The summed E-state index contributed by atoms with van der Waals surface area (Å²) in [5, 5.41) is 0. The van der Waals surface area contributed by atoms with Crippen molar-refractivity contribution >= 4 is 5.78 Å². The van der Waals surface area contributed by atoms with Crippen molar-refractivity contribution in [2.75, 3.05) is 6.61 Å². The number of Topliss-reactive ketones (excluding diaryl/α,β-unsaturated/α-hetero) is 1. The second-order valence-corrected chi connectivity index (χ2v) is 4.60. The van der Waals surface area contributed by atoms with Gasteiger partial charge in [-0.1, -0.05) is 25.3 Å². The summed E-state index contributed by atoms with van der Waals surface area (Å²) >= 11 is 0. The number of ether oxygens (including phenoxy) is 1. The topological polar surface area (TPSA) is 29.6 Å². The van der Waals surface area contributed by atoms with Crippen molar-refractivity contribution in [2.45, 2.75) is 57.5 Å². The maximum Gasteiger partial charge on any atom is 0.158 e. The van der Waals surface area contributed by atoms with E-state index in [4.69, 9.17) is 4.74 Å². The monoisotopic (exact) mass is 208 g/mol. The van der Waals surface area contributed by atoms with Crippen LogP contribution in [0.1, 0.15) is 51.4 Å². The minimum atomic E-state index is 0.390. The molecule has 0 saturated carbocycles. The third-order valence-electron chi connectivity index (χ3n) is 3.24. The molecule has 0 aromatic heterocycles. The Balaban J connectivity index is 1.45. The SMILES string of the molecule is O=C1CCC=C1CCCCCCC1CO1. The largest absolute Gasteiger partial charge is 0.373 e. The third kappa shape index (κ3) is 3.78. The van der Waals surface area contributed by atoms with Gasteiger partial charge >= 0.3 is 0 Å². The van der Waals surface area contributed by atoms with Gasteiger partial charge in [-0.3, -0.25) is 4.79 Å². The molecule has 0 aromatic rings. The molecule has 2 aliphatic rings. The van der Waals surface area contributed by atoms with E-state index >= 15 is 0 Å². The highest BCUT2D eigenvalue weighted by Crippen LogP contribution is 2.21. The van der Waals surface area contributed by atoms with Crippen LogP contribution < -0.4 is 0 Å². The second kappa shape index (κ2) is 5.45. The molecular weight excluding hydrogens is 188 g/mol. The highest BCUT2D eigenvalue weighted by molar-refractivity contribution is 5.97. The van der Waals surface area contributed by atoms with Crippen molar-refractivity contribution in [3.8, 4) is 0 Å². The predicted molar refractivity (Wildman–Crippen MR) is 59.8 cm³/mol. The zero-order valence-corrected chi connectivity index (χ0v) is 9.34. The number of carbonyl (C=O) groups excluding carboxylic acids is 1. The first kappa shape index (κ1) is 10.9. The summed E-state index contributed by atoms with van der Waals surface area (Å²) in [5.41, 5.74) is 1.10. The molecule has 15 heavy (non-hydrogen) atoms. The predicted octanol–water partition coefficient (Wildman–Crippen LogP) is 3.02. The maximum absolute atomic E-state index is 11.3. The average molecular weight is 208 g/mol. The number of unbranched alkanes of at least 4 members (excludes halogenated alkanes) is 3. The molecule has 0 spiro atoms. The van der Waals surface area contributed by atoms with Gasteiger partial charge in [0.1, 0.15) is 0 Å². The lowest BCUT2D eigenvalue weighted by Crippen LogP contribution is -1.95. The average Bonchev–Trinajstić information content (AvgIpc) is 2.96. The van der Waals surface area contributed by atoms with Gasteiger partial charge < -0.3 is 4.74 Å². The molecule has 1 fully saturated rings. The number of epoxide rings is 1. The molecule has 1 saturated heterocycles. The van der Waals surface area contributed by atoms with Crippen LogP contribution in [0.25, 0.3) is 0 Å². The van der Waals surface area contributed by atoms with E-state index in [1.54, 1.807) is 0 Å². The smallest absolute Gasteiger partial charge is 0.158 e. The van der Waals surface area contributed by atoms with Crippen LogP contribution in [0.3, 0.4) is 0 Å². The first-order valence-corrected chi connectivity index (χ1v) is 6.20. The molecule has 0 N–H and O–H groups in total. The molecule has 84 valence electrons.